The number of nitrogens with two attached hydrogens (primary N) is 1. The van der Waals surface area contributed by atoms with Crippen LogP contribution in [0.1, 0.15) is 0 Å². The van der Waals surface area contributed by atoms with E-state index in [0.29, 0.717) is 22.1 Å². The van der Waals surface area contributed by atoms with E-state index in [1.165, 1.54) is 12.1 Å². The molecule has 0 bridgehead atoms. The summed E-state index contributed by atoms with van der Waals surface area (Å²) in [4.78, 5) is 14.4. The molecule has 0 aliphatic heterocycles. The zero-order chi connectivity index (χ0) is 14.3. The number of anilines is 1. The molecule has 6 nitrogen and oxygen atoms in total. The Morgan fingerprint density at radius 2 is 2.05 bits per heavy atom. The van der Waals surface area contributed by atoms with Crippen molar-refractivity contribution in [2.24, 2.45) is 0 Å². The van der Waals surface area contributed by atoms with E-state index in [-0.39, 0.29) is 11.5 Å². The zero-order valence-electron chi connectivity index (χ0n) is 10.0. The Balaban J connectivity index is 2.17. The number of benzene rings is 1. The molecule has 2 N–H and O–H groups in total. The van der Waals surface area contributed by atoms with E-state index in [1.807, 2.05) is 0 Å². The fraction of sp³-hybridized carbons (Fsp3) is 0. The molecule has 0 fully saturated rings. The van der Waals surface area contributed by atoms with E-state index in [1.54, 1.807) is 24.3 Å². The Hall–Kier alpha value is -2.60. The molecule has 0 aliphatic rings. The van der Waals surface area contributed by atoms with E-state index in [4.69, 9.17) is 21.8 Å². The highest BCUT2D eigenvalue weighted by Gasteiger charge is 2.14. The van der Waals surface area contributed by atoms with Gasteiger partial charge in [-0.1, -0.05) is 11.6 Å². The molecule has 0 saturated heterocycles. The average Bonchev–Trinajstić information content (AvgIpc) is 2.80. The van der Waals surface area contributed by atoms with E-state index in [0.717, 1.165) is 5.39 Å². The van der Waals surface area contributed by atoms with Crippen LogP contribution in [-0.2, 0) is 0 Å². The Bertz CT molecular complexity index is 829. The van der Waals surface area contributed by atoms with Gasteiger partial charge in [-0.2, -0.15) is 0 Å². The summed E-state index contributed by atoms with van der Waals surface area (Å²) in [5.74, 6) is 0.463. The zero-order valence-corrected chi connectivity index (χ0v) is 10.8. The first-order valence-corrected chi connectivity index (χ1v) is 6.02. The maximum absolute atomic E-state index is 10.8. The molecule has 2 heterocycles. The fourth-order valence-corrected chi connectivity index (χ4v) is 2.09. The Morgan fingerprint density at radius 1 is 1.25 bits per heavy atom. The lowest BCUT2D eigenvalue weighted by Crippen LogP contribution is -1.96. The van der Waals surface area contributed by atoms with Crippen LogP contribution in [0.3, 0.4) is 0 Å². The van der Waals surface area contributed by atoms with Crippen molar-refractivity contribution in [2.45, 2.75) is 0 Å². The van der Waals surface area contributed by atoms with Crippen LogP contribution in [0.4, 0.5) is 11.5 Å². The van der Waals surface area contributed by atoms with Crippen LogP contribution in [0.15, 0.2) is 40.8 Å². The first kappa shape index (κ1) is 12.4. The average molecular weight is 290 g/mol. The second-order valence-electron chi connectivity index (χ2n) is 4.19. The van der Waals surface area contributed by atoms with Gasteiger partial charge in [0, 0.05) is 16.5 Å². The maximum Gasteiger partial charge on any atom is 0.275 e. The minimum Gasteiger partial charge on any atom is -0.454 e. The van der Waals surface area contributed by atoms with E-state index < -0.39 is 4.92 Å². The maximum atomic E-state index is 10.8. The highest BCUT2D eigenvalue weighted by atomic mass is 35.5. The number of hydrogen-bond donors (Lipinski definition) is 1. The highest BCUT2D eigenvalue weighted by molar-refractivity contribution is 6.31. The van der Waals surface area contributed by atoms with Crippen molar-refractivity contribution in [3.8, 4) is 11.5 Å². The van der Waals surface area contributed by atoms with Gasteiger partial charge in [-0.25, -0.2) is 4.98 Å². The van der Waals surface area contributed by atoms with Crippen molar-refractivity contribution in [3.63, 3.8) is 0 Å². The van der Waals surface area contributed by atoms with Crippen molar-refractivity contribution in [2.75, 3.05) is 5.73 Å². The molecular weight excluding hydrogens is 282 g/mol. The van der Waals surface area contributed by atoms with Gasteiger partial charge in [0.25, 0.3) is 5.69 Å². The number of nitrogen functional groups attached to an aromatic ring is 1. The number of aromatic nitrogens is 1. The number of nitrogens with zero attached hydrogens (tertiary/aromatic N) is 2. The molecule has 0 aliphatic carbocycles. The minimum atomic E-state index is -0.527. The smallest absolute Gasteiger partial charge is 0.275 e. The first-order valence-electron chi connectivity index (χ1n) is 5.64. The topological polar surface area (TPSA) is 95.2 Å². The van der Waals surface area contributed by atoms with Crippen LogP contribution in [0.5, 0.6) is 0 Å². The summed E-state index contributed by atoms with van der Waals surface area (Å²) >= 11 is 5.90. The van der Waals surface area contributed by atoms with Crippen LogP contribution in [0, 0.1) is 10.1 Å². The summed E-state index contributed by atoms with van der Waals surface area (Å²) < 4.78 is 5.60. The third-order valence-corrected chi connectivity index (χ3v) is 3.01. The standard InChI is InChI=1S/C13H8ClN3O3/c14-8-1-2-11-7(3-8)4-12(20-11)10-5-9(17(18)19)6-13(15)16-10/h1-6H,(H2,15,16). The Morgan fingerprint density at radius 3 is 2.80 bits per heavy atom. The van der Waals surface area contributed by atoms with E-state index in [2.05, 4.69) is 4.98 Å². The molecule has 0 saturated carbocycles. The summed E-state index contributed by atoms with van der Waals surface area (Å²) in [5, 5.41) is 12.2. The van der Waals surface area contributed by atoms with Crippen LogP contribution in [0.2, 0.25) is 5.02 Å². The lowest BCUT2D eigenvalue weighted by Gasteiger charge is -1.98. The molecular formula is C13H8ClN3O3. The summed E-state index contributed by atoms with van der Waals surface area (Å²) in [6, 6.07) is 9.39. The Kier molecular flexibility index (Phi) is 2.80. The van der Waals surface area contributed by atoms with Crippen molar-refractivity contribution in [1.29, 1.82) is 0 Å². The summed E-state index contributed by atoms with van der Waals surface area (Å²) in [7, 11) is 0. The van der Waals surface area contributed by atoms with Gasteiger partial charge < -0.3 is 10.2 Å². The second-order valence-corrected chi connectivity index (χ2v) is 4.62. The molecule has 100 valence electrons. The largest absolute Gasteiger partial charge is 0.454 e. The molecule has 20 heavy (non-hydrogen) atoms. The fourth-order valence-electron chi connectivity index (χ4n) is 1.91. The number of furan rings is 1. The summed E-state index contributed by atoms with van der Waals surface area (Å²) in [5.41, 5.74) is 6.37. The number of hydrogen-bond acceptors (Lipinski definition) is 5. The van der Waals surface area contributed by atoms with E-state index in [9.17, 15) is 10.1 Å². The van der Waals surface area contributed by atoms with Crippen LogP contribution in [0.25, 0.3) is 22.4 Å². The monoisotopic (exact) mass is 289 g/mol. The predicted octanol–water partition coefficient (Wildman–Crippen LogP) is 3.64. The molecule has 0 radical (unpaired) electrons. The predicted molar refractivity (Wildman–Crippen MR) is 75.5 cm³/mol. The minimum absolute atomic E-state index is 0.0627. The number of nitro groups is 1. The van der Waals surface area contributed by atoms with E-state index >= 15 is 0 Å². The number of fused-ring (bicyclic) bond motifs is 1. The molecule has 0 spiro atoms. The van der Waals surface area contributed by atoms with Gasteiger partial charge in [0.15, 0.2) is 5.76 Å². The molecule has 3 rings (SSSR count). The lowest BCUT2D eigenvalue weighted by molar-refractivity contribution is -0.384. The molecule has 1 aromatic carbocycles. The van der Waals surface area contributed by atoms with Gasteiger partial charge in [0.2, 0.25) is 0 Å². The highest BCUT2D eigenvalue weighted by Crippen LogP contribution is 2.30. The van der Waals surface area contributed by atoms with Crippen LogP contribution in [-0.4, -0.2) is 9.91 Å². The molecule has 0 amide bonds. The van der Waals surface area contributed by atoms with Gasteiger partial charge in [0.05, 0.1) is 11.0 Å². The first-order chi connectivity index (χ1) is 9.52. The molecule has 3 aromatic rings. The quantitative estimate of drug-likeness (QED) is 0.574. The SMILES string of the molecule is Nc1cc([N+](=O)[O-])cc(-c2cc3cc(Cl)ccc3o2)n1. The van der Waals surface area contributed by atoms with Crippen molar-refractivity contribution < 1.29 is 9.34 Å². The number of halogens is 1. The van der Waals surface area contributed by atoms with Crippen LogP contribution < -0.4 is 5.73 Å². The third-order valence-electron chi connectivity index (χ3n) is 2.77. The normalized spacial score (nSPS) is 10.8. The van der Waals surface area contributed by atoms with Gasteiger partial charge in [-0.3, -0.25) is 10.1 Å². The summed E-state index contributed by atoms with van der Waals surface area (Å²) in [6.45, 7) is 0. The van der Waals surface area contributed by atoms with Crippen molar-refractivity contribution in [1.82, 2.24) is 4.98 Å². The van der Waals surface area contributed by atoms with Gasteiger partial charge in [-0.15, -0.1) is 0 Å². The third kappa shape index (κ3) is 2.17. The van der Waals surface area contributed by atoms with Gasteiger partial charge in [0.1, 0.15) is 17.1 Å². The molecule has 0 atom stereocenters. The molecule has 0 unspecified atom stereocenters. The number of pyridine rings is 1. The number of rotatable bonds is 2. The molecule has 7 heteroatoms. The Labute approximate surface area is 117 Å². The van der Waals surface area contributed by atoms with Gasteiger partial charge >= 0.3 is 0 Å². The van der Waals surface area contributed by atoms with Crippen molar-refractivity contribution >= 4 is 34.1 Å². The lowest BCUT2D eigenvalue weighted by atomic mass is 10.2. The van der Waals surface area contributed by atoms with Crippen LogP contribution >= 0.6 is 11.6 Å². The molecule has 2 aromatic heterocycles. The second kappa shape index (κ2) is 4.50. The summed E-state index contributed by atoms with van der Waals surface area (Å²) in [6.07, 6.45) is 0. The van der Waals surface area contributed by atoms with Crippen molar-refractivity contribution in [3.05, 3.63) is 51.5 Å². The van der Waals surface area contributed by atoms with Gasteiger partial charge in [-0.05, 0) is 24.3 Å².